The molecule has 0 saturated heterocycles. The minimum atomic E-state index is -0.150. The third kappa shape index (κ3) is 2.57. The van der Waals surface area contributed by atoms with Crippen LogP contribution in [-0.2, 0) is 16.0 Å². The van der Waals surface area contributed by atoms with Gasteiger partial charge < -0.3 is 4.74 Å². The predicted molar refractivity (Wildman–Crippen MR) is 68.8 cm³/mol. The molecule has 0 aliphatic heterocycles. The van der Waals surface area contributed by atoms with Crippen LogP contribution in [0.1, 0.15) is 35.1 Å². The fourth-order valence-electron chi connectivity index (χ4n) is 2.23. The van der Waals surface area contributed by atoms with E-state index in [0.717, 1.165) is 12.8 Å². The first kappa shape index (κ1) is 11.9. The van der Waals surface area contributed by atoms with E-state index in [9.17, 15) is 4.79 Å². The van der Waals surface area contributed by atoms with Gasteiger partial charge in [-0.05, 0) is 48.9 Å². The summed E-state index contributed by atoms with van der Waals surface area (Å²) in [5, 5.41) is 0. The van der Waals surface area contributed by atoms with E-state index in [1.54, 1.807) is 0 Å². The molecule has 0 saturated carbocycles. The van der Waals surface area contributed by atoms with E-state index in [-0.39, 0.29) is 5.97 Å². The summed E-state index contributed by atoms with van der Waals surface area (Å²) in [4.78, 5) is 11.3. The maximum Gasteiger partial charge on any atom is 0.309 e. The molecule has 0 heterocycles. The Morgan fingerprint density at radius 2 is 1.94 bits per heavy atom. The third-order valence-corrected chi connectivity index (χ3v) is 3.43. The normalized spacial score (nSPS) is 13.9. The number of carbonyl (C=O) groups excluding carboxylic acids is 1. The monoisotopic (exact) mass is 230 g/mol. The zero-order chi connectivity index (χ0) is 12.4. The summed E-state index contributed by atoms with van der Waals surface area (Å²) in [6.07, 6.45) is 4.55. The van der Waals surface area contributed by atoms with Crippen molar-refractivity contribution in [2.24, 2.45) is 0 Å². The van der Waals surface area contributed by atoms with Crippen molar-refractivity contribution < 1.29 is 9.53 Å². The largest absolute Gasteiger partial charge is 0.469 e. The van der Waals surface area contributed by atoms with Crippen LogP contribution in [0.25, 0.3) is 6.08 Å². The van der Waals surface area contributed by atoms with Gasteiger partial charge in [-0.3, -0.25) is 4.79 Å². The van der Waals surface area contributed by atoms with Crippen LogP contribution in [0.5, 0.6) is 0 Å². The van der Waals surface area contributed by atoms with Crippen LogP contribution < -0.4 is 0 Å². The van der Waals surface area contributed by atoms with Crippen molar-refractivity contribution in [3.8, 4) is 0 Å². The molecule has 1 aromatic carbocycles. The SMILES string of the molecule is COC(=O)CC1=Cc2cc(C)c(C)cc2CC1. The summed E-state index contributed by atoms with van der Waals surface area (Å²) in [5.41, 5.74) is 6.47. The molecule has 0 unspecified atom stereocenters. The Kier molecular flexibility index (Phi) is 3.32. The zero-order valence-corrected chi connectivity index (χ0v) is 10.7. The van der Waals surface area contributed by atoms with Gasteiger partial charge in [-0.2, -0.15) is 0 Å². The smallest absolute Gasteiger partial charge is 0.309 e. The molecule has 0 fully saturated rings. The van der Waals surface area contributed by atoms with E-state index in [2.05, 4.69) is 32.1 Å². The number of rotatable bonds is 2. The molecule has 0 spiro atoms. The number of hydrogen-bond acceptors (Lipinski definition) is 2. The van der Waals surface area contributed by atoms with Gasteiger partial charge in [0, 0.05) is 0 Å². The first-order chi connectivity index (χ1) is 8.10. The number of fused-ring (bicyclic) bond motifs is 1. The van der Waals surface area contributed by atoms with Crippen LogP contribution in [0.4, 0.5) is 0 Å². The standard InChI is InChI=1S/C15H18O2/c1-10-6-13-5-4-12(9-15(16)17-3)8-14(13)7-11(10)2/h6-8H,4-5,9H2,1-3H3. The van der Waals surface area contributed by atoms with E-state index in [0.29, 0.717) is 6.42 Å². The van der Waals surface area contributed by atoms with Crippen LogP contribution in [0.3, 0.4) is 0 Å². The second-order valence-electron chi connectivity index (χ2n) is 4.69. The summed E-state index contributed by atoms with van der Waals surface area (Å²) >= 11 is 0. The molecule has 90 valence electrons. The minimum Gasteiger partial charge on any atom is -0.469 e. The highest BCUT2D eigenvalue weighted by molar-refractivity contribution is 5.75. The van der Waals surface area contributed by atoms with E-state index in [1.165, 1.54) is 34.9 Å². The van der Waals surface area contributed by atoms with Crippen molar-refractivity contribution in [1.29, 1.82) is 0 Å². The van der Waals surface area contributed by atoms with Crippen molar-refractivity contribution in [3.63, 3.8) is 0 Å². The maximum absolute atomic E-state index is 11.3. The van der Waals surface area contributed by atoms with Crippen molar-refractivity contribution in [1.82, 2.24) is 0 Å². The molecule has 0 N–H and O–H groups in total. The van der Waals surface area contributed by atoms with Crippen LogP contribution >= 0.6 is 0 Å². The second-order valence-corrected chi connectivity index (χ2v) is 4.69. The van der Waals surface area contributed by atoms with E-state index in [4.69, 9.17) is 4.74 Å². The molecule has 0 amide bonds. The van der Waals surface area contributed by atoms with Crippen molar-refractivity contribution >= 4 is 12.0 Å². The molecule has 2 heteroatoms. The number of esters is 1. The van der Waals surface area contributed by atoms with Gasteiger partial charge in [-0.25, -0.2) is 0 Å². The molecule has 2 nitrogen and oxygen atoms in total. The fraction of sp³-hybridized carbons (Fsp3) is 0.400. The maximum atomic E-state index is 11.3. The summed E-state index contributed by atoms with van der Waals surface area (Å²) < 4.78 is 4.70. The van der Waals surface area contributed by atoms with Gasteiger partial charge in [-0.1, -0.05) is 23.8 Å². The Hall–Kier alpha value is -1.57. The van der Waals surface area contributed by atoms with Crippen molar-refractivity contribution in [2.75, 3.05) is 7.11 Å². The number of methoxy groups -OCH3 is 1. The van der Waals surface area contributed by atoms with Gasteiger partial charge >= 0.3 is 5.97 Å². The van der Waals surface area contributed by atoms with Gasteiger partial charge in [0.15, 0.2) is 0 Å². The number of benzene rings is 1. The van der Waals surface area contributed by atoms with Gasteiger partial charge in [0.05, 0.1) is 13.5 Å². The minimum absolute atomic E-state index is 0.150. The lowest BCUT2D eigenvalue weighted by molar-refractivity contribution is -0.139. The van der Waals surface area contributed by atoms with Crippen LogP contribution in [0.2, 0.25) is 0 Å². The molecule has 17 heavy (non-hydrogen) atoms. The number of aryl methyl sites for hydroxylation is 3. The van der Waals surface area contributed by atoms with Crippen molar-refractivity contribution in [3.05, 3.63) is 40.0 Å². The van der Waals surface area contributed by atoms with Crippen LogP contribution in [0.15, 0.2) is 17.7 Å². The lowest BCUT2D eigenvalue weighted by atomic mass is 9.88. The molecule has 1 aromatic rings. The Morgan fingerprint density at radius 3 is 2.65 bits per heavy atom. The number of ether oxygens (including phenoxy) is 1. The number of hydrogen-bond donors (Lipinski definition) is 0. The lowest BCUT2D eigenvalue weighted by Gasteiger charge is -2.17. The highest BCUT2D eigenvalue weighted by atomic mass is 16.5. The Labute approximate surface area is 102 Å². The van der Waals surface area contributed by atoms with E-state index in [1.807, 2.05) is 0 Å². The van der Waals surface area contributed by atoms with Gasteiger partial charge in [0.25, 0.3) is 0 Å². The summed E-state index contributed by atoms with van der Waals surface area (Å²) in [6, 6.07) is 4.47. The Balaban J connectivity index is 2.28. The molecule has 2 rings (SSSR count). The van der Waals surface area contributed by atoms with Gasteiger partial charge in [0.2, 0.25) is 0 Å². The predicted octanol–water partition coefficient (Wildman–Crippen LogP) is 3.20. The Morgan fingerprint density at radius 1 is 1.24 bits per heavy atom. The van der Waals surface area contributed by atoms with Gasteiger partial charge in [-0.15, -0.1) is 0 Å². The molecule has 1 aliphatic carbocycles. The topological polar surface area (TPSA) is 26.3 Å². The van der Waals surface area contributed by atoms with Crippen molar-refractivity contribution in [2.45, 2.75) is 33.1 Å². The zero-order valence-electron chi connectivity index (χ0n) is 10.7. The average molecular weight is 230 g/mol. The molecule has 0 radical (unpaired) electrons. The average Bonchev–Trinajstić information content (AvgIpc) is 2.31. The van der Waals surface area contributed by atoms with Gasteiger partial charge in [0.1, 0.15) is 0 Å². The van der Waals surface area contributed by atoms with E-state index < -0.39 is 0 Å². The summed E-state index contributed by atoms with van der Waals surface area (Å²) in [7, 11) is 1.44. The molecular formula is C15H18O2. The fourth-order valence-corrected chi connectivity index (χ4v) is 2.23. The summed E-state index contributed by atoms with van der Waals surface area (Å²) in [5.74, 6) is -0.150. The second kappa shape index (κ2) is 4.74. The Bertz CT molecular complexity index is 484. The lowest BCUT2D eigenvalue weighted by Crippen LogP contribution is -2.06. The first-order valence-electron chi connectivity index (χ1n) is 5.96. The molecule has 1 aliphatic rings. The summed E-state index contributed by atoms with van der Waals surface area (Å²) in [6.45, 7) is 4.27. The highest BCUT2D eigenvalue weighted by Crippen LogP contribution is 2.28. The molecule has 0 bridgehead atoms. The molecule has 0 atom stereocenters. The van der Waals surface area contributed by atoms with E-state index >= 15 is 0 Å². The van der Waals surface area contributed by atoms with Crippen LogP contribution in [-0.4, -0.2) is 13.1 Å². The van der Waals surface area contributed by atoms with Crippen LogP contribution in [0, 0.1) is 13.8 Å². The molecule has 0 aromatic heterocycles. The number of carbonyl (C=O) groups is 1. The quantitative estimate of drug-likeness (QED) is 0.729. The highest BCUT2D eigenvalue weighted by Gasteiger charge is 2.14. The third-order valence-electron chi connectivity index (χ3n) is 3.43. The molecular weight excluding hydrogens is 212 g/mol. The first-order valence-corrected chi connectivity index (χ1v) is 5.96.